The average molecular weight is 689 g/mol. The summed E-state index contributed by atoms with van der Waals surface area (Å²) in [5.74, 6) is 5.46. The molecule has 48 heavy (non-hydrogen) atoms. The number of fused-ring (bicyclic) bond motifs is 1. The Labute approximate surface area is 286 Å². The minimum absolute atomic E-state index is 0.0120. The smallest absolute Gasteiger partial charge is 0.355 e. The van der Waals surface area contributed by atoms with Crippen molar-refractivity contribution in [3.8, 4) is 17.6 Å². The maximum atomic E-state index is 14.6. The molecule has 0 atom stereocenters. The number of aryl methyl sites for hydroxylation is 2. The van der Waals surface area contributed by atoms with Crippen LogP contribution in [-0.2, 0) is 6.42 Å². The second-order valence-corrected chi connectivity index (χ2v) is 13.2. The third-order valence-corrected chi connectivity index (χ3v) is 9.20. The Kier molecular flexibility index (Phi) is 11.9. The summed E-state index contributed by atoms with van der Waals surface area (Å²) in [7, 11) is 5.80. The number of nitrogens with zero attached hydrogens (tertiary/aromatic N) is 6. The van der Waals surface area contributed by atoms with Crippen molar-refractivity contribution in [3.63, 3.8) is 0 Å². The Bertz CT molecular complexity index is 1900. The van der Waals surface area contributed by atoms with Crippen molar-refractivity contribution in [1.82, 2.24) is 30.4 Å². The number of nitrogens with one attached hydrogen (secondary N) is 2. The normalized spacial score (nSPS) is 11.0. The molecule has 5 rings (SSSR count). The van der Waals surface area contributed by atoms with Crippen LogP contribution in [0.1, 0.15) is 39.3 Å². The van der Waals surface area contributed by atoms with Crippen LogP contribution in [0, 0.1) is 24.6 Å². The number of hydrogen-bond acceptors (Lipinski definition) is 12. The summed E-state index contributed by atoms with van der Waals surface area (Å²) in [5, 5.41) is 26.4. The third-order valence-electron chi connectivity index (χ3n) is 7.11. The van der Waals surface area contributed by atoms with Crippen molar-refractivity contribution in [2.75, 3.05) is 57.6 Å². The van der Waals surface area contributed by atoms with E-state index in [0.29, 0.717) is 53.1 Å². The fraction of sp³-hybridized carbons (Fsp3) is 0.324. The molecule has 11 nitrogen and oxygen atoms in total. The molecule has 3 aromatic heterocycles. The molecule has 0 fully saturated rings. The molecule has 0 spiro atoms. The highest BCUT2D eigenvalue weighted by Crippen LogP contribution is 2.34. The number of carboxylic acid groups (broad SMARTS) is 1. The van der Waals surface area contributed by atoms with E-state index in [2.05, 4.69) is 47.5 Å². The number of para-hydroxylation sites is 1. The number of hydrogen-bond donors (Lipinski definition) is 3. The van der Waals surface area contributed by atoms with Gasteiger partial charge in [0.15, 0.2) is 39.2 Å². The summed E-state index contributed by atoms with van der Waals surface area (Å²) in [4.78, 5) is 26.0. The Balaban J connectivity index is 1.30. The van der Waals surface area contributed by atoms with Gasteiger partial charge >= 0.3 is 5.97 Å². The topological polar surface area (TPSA) is 129 Å². The minimum atomic E-state index is -1.11. The van der Waals surface area contributed by atoms with Crippen LogP contribution in [0.3, 0.4) is 0 Å². The van der Waals surface area contributed by atoms with Crippen LogP contribution in [0.5, 0.6) is 5.75 Å². The zero-order valence-corrected chi connectivity index (χ0v) is 28.8. The number of carboxylic acids is 1. The number of aromatic nitrogens is 4. The van der Waals surface area contributed by atoms with E-state index >= 15 is 0 Å². The van der Waals surface area contributed by atoms with E-state index in [0.717, 1.165) is 33.9 Å². The minimum Gasteiger partial charge on any atom is -0.491 e. The second-order valence-electron chi connectivity index (χ2n) is 11.2. The van der Waals surface area contributed by atoms with Crippen LogP contribution in [0.2, 0.25) is 0 Å². The van der Waals surface area contributed by atoms with Gasteiger partial charge in [-0.2, -0.15) is 0 Å². The second kappa shape index (κ2) is 16.4. The summed E-state index contributed by atoms with van der Waals surface area (Å²) >= 11 is 2.84. The van der Waals surface area contributed by atoms with Gasteiger partial charge in [0, 0.05) is 17.0 Å². The summed E-state index contributed by atoms with van der Waals surface area (Å²) in [6.07, 6.45) is 1.66. The first-order chi connectivity index (χ1) is 23.2. The molecule has 250 valence electrons. The SMILES string of the molecule is CNCC#Cc1ccc(OCCCc2sc(N(CCCN(C)C)c3cc(C)c(Nc4nc5ccccc5s4)nn3)nc2C(=O)O)c(F)c1. The lowest BCUT2D eigenvalue weighted by molar-refractivity contribution is 0.0690. The molecule has 0 amide bonds. The van der Waals surface area contributed by atoms with E-state index in [9.17, 15) is 14.3 Å². The third kappa shape index (κ3) is 9.02. The molecular formula is C34H37FN8O3S2. The standard InChI is InChI=1S/C34H37FN8O3S2/c1-22-20-29(40-41-31(22)39-33-37-25-11-5-6-12-27(25)47-33)43(18-9-17-42(3)4)34-38-30(32(44)45)28(48-34)13-8-19-46-26-15-14-23(21-24(26)35)10-7-16-36-2/h5-6,11-12,14-15,20-21,36H,8-9,13,16-19H2,1-4H3,(H,44,45)(H,37,39,41). The Hall–Kier alpha value is -4.68. The largest absolute Gasteiger partial charge is 0.491 e. The number of ether oxygens (including phenoxy) is 1. The average Bonchev–Trinajstić information content (AvgIpc) is 3.67. The van der Waals surface area contributed by atoms with Crippen LogP contribution >= 0.6 is 22.7 Å². The van der Waals surface area contributed by atoms with Crippen LogP contribution in [0.25, 0.3) is 10.2 Å². The van der Waals surface area contributed by atoms with Gasteiger partial charge in [0.05, 0.1) is 23.4 Å². The lowest BCUT2D eigenvalue weighted by atomic mass is 10.2. The Morgan fingerprint density at radius 2 is 1.90 bits per heavy atom. The van der Waals surface area contributed by atoms with Crippen LogP contribution in [0.15, 0.2) is 48.5 Å². The first-order valence-corrected chi connectivity index (χ1v) is 17.0. The van der Waals surface area contributed by atoms with Crippen molar-refractivity contribution < 1.29 is 19.0 Å². The molecule has 0 aliphatic heterocycles. The monoisotopic (exact) mass is 688 g/mol. The van der Waals surface area contributed by atoms with E-state index < -0.39 is 11.8 Å². The quantitative estimate of drug-likeness (QED) is 0.0872. The summed E-state index contributed by atoms with van der Waals surface area (Å²) in [6, 6.07) is 14.4. The zero-order chi connectivity index (χ0) is 34.0. The predicted octanol–water partition coefficient (Wildman–Crippen LogP) is 6.10. The summed E-state index contributed by atoms with van der Waals surface area (Å²) in [6.45, 7) is 4.03. The lowest BCUT2D eigenvalue weighted by Gasteiger charge is -2.22. The van der Waals surface area contributed by atoms with E-state index in [4.69, 9.17) is 4.74 Å². The van der Waals surface area contributed by atoms with Crippen molar-refractivity contribution in [3.05, 3.63) is 76.0 Å². The van der Waals surface area contributed by atoms with Crippen LogP contribution in [-0.4, -0.2) is 83.5 Å². The van der Waals surface area contributed by atoms with E-state index in [1.165, 1.54) is 28.7 Å². The van der Waals surface area contributed by atoms with Crippen molar-refractivity contribution in [2.24, 2.45) is 0 Å². The van der Waals surface area contributed by atoms with Crippen LogP contribution in [0.4, 0.5) is 26.3 Å². The molecule has 5 aromatic rings. The molecule has 2 aromatic carbocycles. The van der Waals surface area contributed by atoms with Gasteiger partial charge in [-0.25, -0.2) is 19.2 Å². The highest BCUT2D eigenvalue weighted by atomic mass is 32.1. The van der Waals surface area contributed by atoms with Crippen molar-refractivity contribution in [1.29, 1.82) is 0 Å². The van der Waals surface area contributed by atoms with Gasteiger partial charge in [0.1, 0.15) is 0 Å². The Morgan fingerprint density at radius 1 is 1.06 bits per heavy atom. The fourth-order valence-corrected chi connectivity index (χ4v) is 6.74. The first kappa shape index (κ1) is 34.6. The van der Waals surface area contributed by atoms with Crippen molar-refractivity contribution in [2.45, 2.75) is 26.2 Å². The molecule has 0 aliphatic rings. The van der Waals surface area contributed by atoms with Gasteiger partial charge in [-0.15, -0.1) is 21.5 Å². The molecule has 0 saturated carbocycles. The molecule has 0 unspecified atom stereocenters. The van der Waals surface area contributed by atoms with Gasteiger partial charge in [-0.1, -0.05) is 35.3 Å². The highest BCUT2D eigenvalue weighted by molar-refractivity contribution is 7.22. The Morgan fingerprint density at radius 3 is 2.62 bits per heavy atom. The number of benzene rings is 2. The molecule has 3 heterocycles. The molecule has 14 heteroatoms. The lowest BCUT2D eigenvalue weighted by Crippen LogP contribution is -2.24. The van der Waals surface area contributed by atoms with E-state index in [1.807, 2.05) is 56.3 Å². The number of thiazole rings is 2. The number of halogens is 1. The fourth-order valence-electron chi connectivity index (χ4n) is 4.74. The number of rotatable bonds is 15. The van der Waals surface area contributed by atoms with Crippen LogP contribution < -0.4 is 20.3 Å². The van der Waals surface area contributed by atoms with Crippen molar-refractivity contribution >= 4 is 60.8 Å². The van der Waals surface area contributed by atoms with E-state index in [1.54, 1.807) is 19.2 Å². The highest BCUT2D eigenvalue weighted by Gasteiger charge is 2.23. The molecule has 0 saturated heterocycles. The van der Waals surface area contributed by atoms with Gasteiger partial charge in [0.25, 0.3) is 0 Å². The zero-order valence-electron chi connectivity index (χ0n) is 27.2. The van der Waals surface area contributed by atoms with Gasteiger partial charge in [-0.3, -0.25) is 0 Å². The van der Waals surface area contributed by atoms with Gasteiger partial charge in [-0.05, 0) is 95.8 Å². The predicted molar refractivity (Wildman–Crippen MR) is 190 cm³/mol. The summed E-state index contributed by atoms with van der Waals surface area (Å²) in [5.41, 5.74) is 2.32. The maximum absolute atomic E-state index is 14.6. The van der Waals surface area contributed by atoms with E-state index in [-0.39, 0.29) is 18.1 Å². The molecule has 0 aliphatic carbocycles. The molecule has 3 N–H and O–H groups in total. The number of aromatic carboxylic acids is 1. The first-order valence-electron chi connectivity index (χ1n) is 15.4. The summed E-state index contributed by atoms with van der Waals surface area (Å²) < 4.78 is 21.3. The van der Waals surface area contributed by atoms with Gasteiger partial charge < -0.3 is 30.3 Å². The molecule has 0 bridgehead atoms. The maximum Gasteiger partial charge on any atom is 0.355 e. The number of anilines is 4. The molecule has 0 radical (unpaired) electrons. The number of carbonyl (C=O) groups is 1. The van der Waals surface area contributed by atoms with Gasteiger partial charge in [0.2, 0.25) is 0 Å². The molecular weight excluding hydrogens is 652 g/mol.